The van der Waals surface area contributed by atoms with Crippen LogP contribution in [0.4, 0.5) is 0 Å². The Morgan fingerprint density at radius 1 is 0.920 bits per heavy atom. The highest BCUT2D eigenvalue weighted by molar-refractivity contribution is 5.95. The van der Waals surface area contributed by atoms with Crippen molar-refractivity contribution in [2.24, 2.45) is 0 Å². The number of hydrogen-bond donors (Lipinski definition) is 1. The lowest BCUT2D eigenvalue weighted by molar-refractivity contribution is 0.368. The van der Waals surface area contributed by atoms with Crippen LogP contribution in [0.15, 0.2) is 60.9 Å². The molecule has 2 unspecified atom stereocenters. The van der Waals surface area contributed by atoms with Gasteiger partial charge in [-0.15, -0.1) is 10.2 Å². The minimum atomic E-state index is 0.261. The van der Waals surface area contributed by atoms with Crippen molar-refractivity contribution in [3.63, 3.8) is 0 Å². The van der Waals surface area contributed by atoms with Crippen molar-refractivity contribution in [2.75, 3.05) is 6.54 Å². The highest BCUT2D eigenvalue weighted by atomic mass is 15.3. The van der Waals surface area contributed by atoms with Crippen LogP contribution in [-0.4, -0.2) is 26.4 Å². The fourth-order valence-electron chi connectivity index (χ4n) is 3.91. The molecule has 5 heteroatoms. The van der Waals surface area contributed by atoms with Crippen LogP contribution < -0.4 is 5.32 Å². The van der Waals surface area contributed by atoms with Gasteiger partial charge in [-0.25, -0.2) is 0 Å². The maximum atomic E-state index is 4.81. The lowest BCUT2D eigenvalue weighted by atomic mass is 9.87. The van der Waals surface area contributed by atoms with Gasteiger partial charge in [-0.05, 0) is 24.3 Å². The lowest BCUT2D eigenvalue weighted by Crippen LogP contribution is -2.33. The topological polar surface area (TPSA) is 55.1 Å². The number of hydrogen-bond acceptors (Lipinski definition) is 4. The number of aromatic nitrogens is 4. The van der Waals surface area contributed by atoms with E-state index in [-0.39, 0.29) is 6.04 Å². The van der Waals surface area contributed by atoms with E-state index in [0.29, 0.717) is 5.92 Å². The van der Waals surface area contributed by atoms with E-state index in [1.54, 1.807) is 10.8 Å². The van der Waals surface area contributed by atoms with Gasteiger partial charge in [0.25, 0.3) is 0 Å². The zero-order chi connectivity index (χ0) is 16.6. The molecule has 2 aromatic heterocycles. The quantitative estimate of drug-likeness (QED) is 0.612. The monoisotopic (exact) mass is 329 g/mol. The summed E-state index contributed by atoms with van der Waals surface area (Å²) >= 11 is 0. The van der Waals surface area contributed by atoms with Gasteiger partial charge in [-0.1, -0.05) is 54.6 Å². The number of piperidine rings is 1. The Labute approximate surface area is 145 Å². The Kier molecular flexibility index (Phi) is 3.45. The second kappa shape index (κ2) is 5.93. The summed E-state index contributed by atoms with van der Waals surface area (Å²) in [6, 6.07) is 19.4. The van der Waals surface area contributed by atoms with Crippen LogP contribution in [0, 0.1) is 0 Å². The zero-order valence-electron chi connectivity index (χ0n) is 13.8. The molecule has 2 aromatic carbocycles. The molecule has 1 fully saturated rings. The van der Waals surface area contributed by atoms with Crippen molar-refractivity contribution in [1.82, 2.24) is 25.1 Å². The molecule has 0 radical (unpaired) electrons. The Bertz CT molecular complexity index is 1020. The Hall–Kier alpha value is -2.79. The van der Waals surface area contributed by atoms with Gasteiger partial charge in [0.2, 0.25) is 0 Å². The van der Waals surface area contributed by atoms with Crippen LogP contribution >= 0.6 is 0 Å². The Morgan fingerprint density at radius 3 is 2.52 bits per heavy atom. The van der Waals surface area contributed by atoms with Gasteiger partial charge in [0.1, 0.15) is 6.33 Å². The standard InChI is InChI=1S/C20H19N5/c1-2-6-14(7-3-1)15-10-11-18(21-12-15)19-16-8-4-5-9-17(16)20-23-22-13-25(20)24-19/h1-9,13,15,18,21H,10-12H2. The van der Waals surface area contributed by atoms with Gasteiger partial charge in [0.15, 0.2) is 5.65 Å². The van der Waals surface area contributed by atoms with Gasteiger partial charge in [0, 0.05) is 17.3 Å². The molecule has 25 heavy (non-hydrogen) atoms. The van der Waals surface area contributed by atoms with Gasteiger partial charge < -0.3 is 5.32 Å². The van der Waals surface area contributed by atoms with Crippen LogP contribution in [0.2, 0.25) is 0 Å². The third kappa shape index (κ3) is 2.48. The zero-order valence-corrected chi connectivity index (χ0v) is 13.8. The molecule has 0 aliphatic carbocycles. The normalized spacial score (nSPS) is 21.0. The third-order valence-corrected chi connectivity index (χ3v) is 5.21. The molecule has 5 nitrogen and oxygen atoms in total. The summed E-state index contributed by atoms with van der Waals surface area (Å²) < 4.78 is 1.79. The van der Waals surface area contributed by atoms with E-state index in [1.807, 2.05) is 6.07 Å². The maximum Gasteiger partial charge on any atom is 0.185 e. The average Bonchev–Trinajstić information content (AvgIpc) is 3.17. The molecule has 1 aliphatic heterocycles. The van der Waals surface area contributed by atoms with E-state index in [2.05, 4.69) is 64.0 Å². The first kappa shape index (κ1) is 14.5. The second-order valence-corrected chi connectivity index (χ2v) is 6.68. The van der Waals surface area contributed by atoms with Crippen LogP contribution in [0.3, 0.4) is 0 Å². The van der Waals surface area contributed by atoms with E-state index in [4.69, 9.17) is 5.10 Å². The maximum absolute atomic E-state index is 4.81. The molecular formula is C20H19N5. The molecule has 4 aromatic rings. The molecule has 1 aliphatic rings. The highest BCUT2D eigenvalue weighted by Crippen LogP contribution is 2.33. The smallest absolute Gasteiger partial charge is 0.185 e. The predicted molar refractivity (Wildman–Crippen MR) is 97.4 cm³/mol. The van der Waals surface area contributed by atoms with E-state index < -0.39 is 0 Å². The fraction of sp³-hybridized carbons (Fsp3) is 0.250. The first-order valence-corrected chi connectivity index (χ1v) is 8.77. The van der Waals surface area contributed by atoms with Gasteiger partial charge >= 0.3 is 0 Å². The summed E-state index contributed by atoms with van der Waals surface area (Å²) in [7, 11) is 0. The summed E-state index contributed by atoms with van der Waals surface area (Å²) in [6.07, 6.45) is 3.92. The third-order valence-electron chi connectivity index (χ3n) is 5.21. The molecule has 0 spiro atoms. The lowest BCUT2D eigenvalue weighted by Gasteiger charge is -2.30. The first-order chi connectivity index (χ1) is 12.4. The molecular weight excluding hydrogens is 310 g/mol. The van der Waals surface area contributed by atoms with Gasteiger partial charge in [0.05, 0.1) is 11.7 Å². The van der Waals surface area contributed by atoms with Crippen molar-refractivity contribution in [1.29, 1.82) is 0 Å². The van der Waals surface area contributed by atoms with Crippen molar-refractivity contribution in [2.45, 2.75) is 24.8 Å². The molecule has 0 saturated carbocycles. The van der Waals surface area contributed by atoms with Crippen LogP contribution in [0.5, 0.6) is 0 Å². The summed E-state index contributed by atoms with van der Waals surface area (Å²) in [5.41, 5.74) is 3.33. The second-order valence-electron chi connectivity index (χ2n) is 6.68. The molecule has 3 heterocycles. The molecule has 0 amide bonds. The Balaban J connectivity index is 1.49. The van der Waals surface area contributed by atoms with Crippen LogP contribution in [-0.2, 0) is 0 Å². The summed E-state index contributed by atoms with van der Waals surface area (Å²) in [6.45, 7) is 0.977. The van der Waals surface area contributed by atoms with Crippen molar-refractivity contribution in [3.05, 3.63) is 72.2 Å². The molecule has 124 valence electrons. The largest absolute Gasteiger partial charge is 0.308 e. The predicted octanol–water partition coefficient (Wildman–Crippen LogP) is 3.49. The number of nitrogens with one attached hydrogen (secondary N) is 1. The number of nitrogens with zero attached hydrogens (tertiary/aromatic N) is 4. The minimum Gasteiger partial charge on any atom is -0.308 e. The highest BCUT2D eigenvalue weighted by Gasteiger charge is 2.25. The summed E-state index contributed by atoms with van der Waals surface area (Å²) in [4.78, 5) is 0. The summed E-state index contributed by atoms with van der Waals surface area (Å²) in [5.74, 6) is 0.572. The SMILES string of the molecule is c1ccc(C2CCC(c3nn4cnnc4c4ccccc34)NC2)cc1. The number of fused-ring (bicyclic) bond motifs is 3. The van der Waals surface area contributed by atoms with Crippen molar-refractivity contribution < 1.29 is 0 Å². The molecule has 0 bridgehead atoms. The van der Waals surface area contributed by atoms with Gasteiger partial charge in [-0.3, -0.25) is 0 Å². The molecule has 2 atom stereocenters. The van der Waals surface area contributed by atoms with Crippen LogP contribution in [0.1, 0.15) is 36.1 Å². The van der Waals surface area contributed by atoms with Crippen molar-refractivity contribution in [3.8, 4) is 0 Å². The van der Waals surface area contributed by atoms with E-state index in [1.165, 1.54) is 10.9 Å². The Morgan fingerprint density at radius 2 is 1.72 bits per heavy atom. The molecule has 5 rings (SSSR count). The van der Waals surface area contributed by atoms with E-state index in [0.717, 1.165) is 36.1 Å². The minimum absolute atomic E-state index is 0.261. The van der Waals surface area contributed by atoms with E-state index >= 15 is 0 Å². The van der Waals surface area contributed by atoms with E-state index in [9.17, 15) is 0 Å². The summed E-state index contributed by atoms with van der Waals surface area (Å²) in [5, 5.41) is 19.0. The van der Waals surface area contributed by atoms with Crippen LogP contribution in [0.25, 0.3) is 16.4 Å². The first-order valence-electron chi connectivity index (χ1n) is 8.77. The average molecular weight is 329 g/mol. The van der Waals surface area contributed by atoms with Crippen molar-refractivity contribution >= 4 is 16.4 Å². The fourth-order valence-corrected chi connectivity index (χ4v) is 3.91. The molecule has 1 saturated heterocycles. The number of benzene rings is 2. The van der Waals surface area contributed by atoms with Gasteiger partial charge in [-0.2, -0.15) is 9.61 Å². The number of rotatable bonds is 2. The molecule has 1 N–H and O–H groups in total.